The lowest BCUT2D eigenvalue weighted by Crippen LogP contribution is -2.38. The normalized spacial score (nSPS) is 17.4. The molecule has 1 aliphatic carbocycles. The van der Waals surface area contributed by atoms with Crippen molar-refractivity contribution < 1.29 is 17.7 Å². The highest BCUT2D eigenvalue weighted by Crippen LogP contribution is 2.39. The molecule has 0 spiro atoms. The van der Waals surface area contributed by atoms with Gasteiger partial charge in [-0.15, -0.1) is 0 Å². The predicted molar refractivity (Wildman–Crippen MR) is 126 cm³/mol. The predicted octanol–water partition coefficient (Wildman–Crippen LogP) is 3.74. The number of piperidine rings is 1. The molecule has 1 aromatic carbocycles. The van der Waals surface area contributed by atoms with Gasteiger partial charge in [-0.1, -0.05) is 5.16 Å². The molecular weight excluding hydrogens is 454 g/mol. The van der Waals surface area contributed by atoms with Crippen molar-refractivity contribution in [1.29, 1.82) is 0 Å². The summed E-state index contributed by atoms with van der Waals surface area (Å²) in [5, 5.41) is 4.96. The van der Waals surface area contributed by atoms with E-state index in [4.69, 9.17) is 9.26 Å². The Morgan fingerprint density at radius 1 is 1.06 bits per heavy atom. The number of rotatable bonds is 6. The molecule has 2 aliphatic rings. The van der Waals surface area contributed by atoms with E-state index in [1.165, 1.54) is 6.26 Å². The minimum atomic E-state index is -3.25. The van der Waals surface area contributed by atoms with E-state index in [-0.39, 0.29) is 6.10 Å². The highest BCUT2D eigenvalue weighted by atomic mass is 32.2. The Bertz CT molecular complexity index is 1430. The number of anilines is 1. The van der Waals surface area contributed by atoms with E-state index in [2.05, 4.69) is 20.0 Å². The van der Waals surface area contributed by atoms with Crippen LogP contribution in [0.25, 0.3) is 16.7 Å². The molecule has 3 aromatic heterocycles. The van der Waals surface area contributed by atoms with Crippen LogP contribution in [-0.4, -0.2) is 53.6 Å². The standard InChI is InChI=1S/C24H25N5O4S/c1-34(30,31)20-5-6-21-17(14-20)8-13-29(21)22-7-4-19(15-25-22)32-18-9-11-28(12-10-18)24-26-23(27-33-24)16-2-3-16/h4-8,13-16,18H,2-3,9-12H2,1H3. The molecule has 9 nitrogen and oxygen atoms in total. The van der Waals surface area contributed by atoms with E-state index in [1.807, 2.05) is 35.0 Å². The molecule has 0 bridgehead atoms. The van der Waals surface area contributed by atoms with Crippen LogP contribution in [0.15, 0.2) is 58.2 Å². The molecule has 0 amide bonds. The van der Waals surface area contributed by atoms with Gasteiger partial charge in [-0.3, -0.25) is 0 Å². The second-order valence-electron chi connectivity index (χ2n) is 9.04. The second-order valence-corrected chi connectivity index (χ2v) is 11.1. The van der Waals surface area contributed by atoms with Gasteiger partial charge in [-0.05, 0) is 49.2 Å². The zero-order valence-electron chi connectivity index (χ0n) is 18.8. The number of nitrogens with zero attached hydrogens (tertiary/aromatic N) is 5. The lowest BCUT2D eigenvalue weighted by molar-refractivity contribution is 0.168. The number of ether oxygens (including phenoxy) is 1. The Morgan fingerprint density at radius 2 is 1.88 bits per heavy atom. The summed E-state index contributed by atoms with van der Waals surface area (Å²) in [5.41, 5.74) is 0.895. The fraction of sp³-hybridized carbons (Fsp3) is 0.375. The maximum Gasteiger partial charge on any atom is 0.324 e. The van der Waals surface area contributed by atoms with Gasteiger partial charge in [0.15, 0.2) is 15.7 Å². The van der Waals surface area contributed by atoms with Crippen molar-refractivity contribution in [1.82, 2.24) is 19.7 Å². The van der Waals surface area contributed by atoms with Crippen LogP contribution in [0.1, 0.15) is 37.4 Å². The summed E-state index contributed by atoms with van der Waals surface area (Å²) in [6.07, 6.45) is 9.00. The van der Waals surface area contributed by atoms with Crippen molar-refractivity contribution in [3.8, 4) is 11.6 Å². The average Bonchev–Trinajstić information content (AvgIpc) is 3.41. The number of aromatic nitrogens is 4. The maximum absolute atomic E-state index is 11.8. The van der Waals surface area contributed by atoms with Crippen LogP contribution in [-0.2, 0) is 9.84 Å². The summed E-state index contributed by atoms with van der Waals surface area (Å²) in [5.74, 6) is 2.80. The fourth-order valence-electron chi connectivity index (χ4n) is 4.36. The minimum Gasteiger partial charge on any atom is -0.489 e. The monoisotopic (exact) mass is 479 g/mol. The van der Waals surface area contributed by atoms with Crippen molar-refractivity contribution >= 4 is 26.8 Å². The Hall–Kier alpha value is -3.40. The van der Waals surface area contributed by atoms with Crippen molar-refractivity contribution in [3.63, 3.8) is 0 Å². The molecule has 1 saturated heterocycles. The molecule has 1 aliphatic heterocycles. The Kier molecular flexibility index (Phi) is 5.05. The van der Waals surface area contributed by atoms with Gasteiger partial charge in [-0.2, -0.15) is 4.98 Å². The van der Waals surface area contributed by atoms with Crippen LogP contribution in [0.5, 0.6) is 5.75 Å². The molecule has 176 valence electrons. The van der Waals surface area contributed by atoms with Gasteiger partial charge in [0, 0.05) is 49.7 Å². The maximum atomic E-state index is 11.8. The van der Waals surface area contributed by atoms with Gasteiger partial charge in [-0.25, -0.2) is 13.4 Å². The smallest absolute Gasteiger partial charge is 0.324 e. The highest BCUT2D eigenvalue weighted by molar-refractivity contribution is 7.90. The number of hydrogen-bond acceptors (Lipinski definition) is 8. The van der Waals surface area contributed by atoms with E-state index in [1.54, 1.807) is 18.3 Å². The van der Waals surface area contributed by atoms with Crippen LogP contribution in [0.2, 0.25) is 0 Å². The summed E-state index contributed by atoms with van der Waals surface area (Å²) < 4.78 is 37.2. The van der Waals surface area contributed by atoms with Gasteiger partial charge in [0.1, 0.15) is 17.7 Å². The average molecular weight is 480 g/mol. The van der Waals surface area contributed by atoms with Gasteiger partial charge in [0.05, 0.1) is 16.6 Å². The SMILES string of the molecule is CS(=O)(=O)c1ccc2c(ccn2-c2ccc(OC3CCN(c4nc(C5CC5)no4)CC3)cn2)c1. The summed E-state index contributed by atoms with van der Waals surface area (Å²) in [7, 11) is -3.25. The van der Waals surface area contributed by atoms with Gasteiger partial charge < -0.3 is 18.7 Å². The molecule has 2 fully saturated rings. The first-order valence-corrected chi connectivity index (χ1v) is 13.4. The molecular formula is C24H25N5O4S. The zero-order chi connectivity index (χ0) is 23.3. The van der Waals surface area contributed by atoms with E-state index in [0.717, 1.165) is 67.1 Å². The van der Waals surface area contributed by atoms with Crippen LogP contribution >= 0.6 is 0 Å². The molecule has 0 radical (unpaired) electrons. The van der Waals surface area contributed by atoms with E-state index in [9.17, 15) is 8.42 Å². The summed E-state index contributed by atoms with van der Waals surface area (Å²) in [6.45, 7) is 1.63. The second kappa shape index (κ2) is 8.12. The Balaban J connectivity index is 1.10. The number of hydrogen-bond donors (Lipinski definition) is 0. The Labute approximate surface area is 197 Å². The third kappa shape index (κ3) is 4.13. The summed E-state index contributed by atoms with van der Waals surface area (Å²) >= 11 is 0. The Morgan fingerprint density at radius 3 is 2.59 bits per heavy atom. The first-order chi connectivity index (χ1) is 16.4. The van der Waals surface area contributed by atoms with Crippen LogP contribution in [0.4, 0.5) is 6.01 Å². The fourth-order valence-corrected chi connectivity index (χ4v) is 5.01. The topological polar surface area (TPSA) is 103 Å². The van der Waals surface area contributed by atoms with Crippen LogP contribution in [0.3, 0.4) is 0 Å². The largest absolute Gasteiger partial charge is 0.489 e. The molecule has 4 aromatic rings. The lowest BCUT2D eigenvalue weighted by Gasteiger charge is -2.30. The quantitative estimate of drug-likeness (QED) is 0.412. The zero-order valence-corrected chi connectivity index (χ0v) is 19.6. The molecule has 4 heterocycles. The van der Waals surface area contributed by atoms with Crippen LogP contribution in [0, 0.1) is 0 Å². The van der Waals surface area contributed by atoms with Gasteiger partial charge in [0.25, 0.3) is 0 Å². The van der Waals surface area contributed by atoms with Gasteiger partial charge in [0.2, 0.25) is 0 Å². The van der Waals surface area contributed by atoms with E-state index in [0.29, 0.717) is 16.8 Å². The number of pyridine rings is 1. The number of fused-ring (bicyclic) bond motifs is 1. The molecule has 6 rings (SSSR count). The van der Waals surface area contributed by atoms with Crippen molar-refractivity contribution in [2.24, 2.45) is 0 Å². The third-order valence-corrected chi connectivity index (χ3v) is 7.56. The number of sulfone groups is 1. The summed E-state index contributed by atoms with van der Waals surface area (Å²) in [6, 6.07) is 11.5. The molecule has 10 heteroatoms. The van der Waals surface area contributed by atoms with Gasteiger partial charge >= 0.3 is 6.01 Å². The molecule has 34 heavy (non-hydrogen) atoms. The first kappa shape index (κ1) is 21.2. The van der Waals surface area contributed by atoms with Crippen molar-refractivity contribution in [3.05, 3.63) is 54.6 Å². The van der Waals surface area contributed by atoms with E-state index < -0.39 is 9.84 Å². The third-order valence-electron chi connectivity index (χ3n) is 6.45. The lowest BCUT2D eigenvalue weighted by atomic mass is 10.1. The molecule has 0 N–H and O–H groups in total. The minimum absolute atomic E-state index is 0.108. The summed E-state index contributed by atoms with van der Waals surface area (Å²) in [4.78, 5) is 11.6. The number of benzene rings is 1. The van der Waals surface area contributed by atoms with Crippen molar-refractivity contribution in [2.75, 3.05) is 24.2 Å². The molecule has 0 atom stereocenters. The van der Waals surface area contributed by atoms with Crippen LogP contribution < -0.4 is 9.64 Å². The molecule has 1 saturated carbocycles. The first-order valence-electron chi connectivity index (χ1n) is 11.5. The molecule has 0 unspecified atom stereocenters. The van der Waals surface area contributed by atoms with E-state index >= 15 is 0 Å². The van der Waals surface area contributed by atoms with Crippen molar-refractivity contribution in [2.45, 2.75) is 42.6 Å². The highest BCUT2D eigenvalue weighted by Gasteiger charge is 2.31.